The summed E-state index contributed by atoms with van der Waals surface area (Å²) in [6.45, 7) is 4.26. The Bertz CT molecular complexity index is 1130. The Balaban J connectivity index is 1.94. The van der Waals surface area contributed by atoms with E-state index in [0.717, 1.165) is 24.5 Å². The number of benzene rings is 1. The Morgan fingerprint density at radius 1 is 0.969 bits per heavy atom. The van der Waals surface area contributed by atoms with Crippen molar-refractivity contribution in [3.63, 3.8) is 0 Å². The first kappa shape index (κ1) is 23.9. The molecule has 0 saturated carbocycles. The van der Waals surface area contributed by atoms with Gasteiger partial charge in [0, 0.05) is 16.9 Å². The molecule has 0 amide bonds. The number of hydrogen-bond acceptors (Lipinski definition) is 0. The average Bonchev–Trinajstić information content (AvgIpc) is 2.72. The Hall–Kier alpha value is -2.76. The van der Waals surface area contributed by atoms with E-state index in [1.165, 1.54) is 23.8 Å². The number of hydrogen-bond donors (Lipinski definition) is 0. The molecular formula is C26H24F6. The van der Waals surface area contributed by atoms with Gasteiger partial charge in [0.15, 0.2) is 0 Å². The van der Waals surface area contributed by atoms with Crippen molar-refractivity contribution in [3.05, 3.63) is 93.7 Å². The molecule has 0 saturated heterocycles. The van der Waals surface area contributed by atoms with Crippen LogP contribution in [-0.2, 0) is 0 Å². The van der Waals surface area contributed by atoms with Crippen molar-refractivity contribution in [3.8, 4) is 0 Å². The molecule has 0 aromatic heterocycles. The van der Waals surface area contributed by atoms with Gasteiger partial charge in [0.25, 0.3) is 0 Å². The molecule has 2 aliphatic rings. The predicted octanol–water partition coefficient (Wildman–Crippen LogP) is 6.89. The van der Waals surface area contributed by atoms with Crippen molar-refractivity contribution in [1.82, 2.24) is 0 Å². The van der Waals surface area contributed by atoms with E-state index in [0.29, 0.717) is 23.6 Å². The topological polar surface area (TPSA) is 0 Å². The van der Waals surface area contributed by atoms with Crippen LogP contribution in [0, 0.1) is 17.6 Å². The maximum Gasteiger partial charge on any atom is 0.409 e. The van der Waals surface area contributed by atoms with Gasteiger partial charge >= 0.3 is 6.18 Å². The van der Waals surface area contributed by atoms with Crippen LogP contribution in [-0.4, -0.2) is 6.18 Å². The Morgan fingerprint density at radius 2 is 1.62 bits per heavy atom. The van der Waals surface area contributed by atoms with E-state index >= 15 is 0 Å². The summed E-state index contributed by atoms with van der Waals surface area (Å²) in [6.07, 6.45) is 6.52. The second kappa shape index (κ2) is 9.80. The zero-order valence-corrected chi connectivity index (χ0v) is 17.9. The van der Waals surface area contributed by atoms with Crippen LogP contribution in [0.2, 0.25) is 0 Å². The molecule has 0 aliphatic heterocycles. The summed E-state index contributed by atoms with van der Waals surface area (Å²) >= 11 is 0. The molecule has 0 bridgehead atoms. The molecule has 1 unspecified atom stereocenters. The third-order valence-corrected chi connectivity index (χ3v) is 5.63. The average molecular weight is 450 g/mol. The first-order valence-electron chi connectivity index (χ1n) is 10.5. The summed E-state index contributed by atoms with van der Waals surface area (Å²) in [5.74, 6) is -2.23. The monoisotopic (exact) mass is 450 g/mol. The lowest BCUT2D eigenvalue weighted by Crippen LogP contribution is -2.23. The van der Waals surface area contributed by atoms with Crippen molar-refractivity contribution in [2.24, 2.45) is 5.92 Å². The summed E-state index contributed by atoms with van der Waals surface area (Å²) in [6, 6.07) is 2.43. The molecule has 6 heteroatoms. The van der Waals surface area contributed by atoms with Gasteiger partial charge in [-0.3, -0.25) is 0 Å². The van der Waals surface area contributed by atoms with E-state index in [2.05, 4.69) is 19.9 Å². The van der Waals surface area contributed by atoms with Crippen molar-refractivity contribution in [1.29, 1.82) is 0 Å². The number of alkyl halides is 3. The van der Waals surface area contributed by atoms with Gasteiger partial charge < -0.3 is 0 Å². The summed E-state index contributed by atoms with van der Waals surface area (Å²) in [4.78, 5) is 0. The number of rotatable bonds is 4. The van der Waals surface area contributed by atoms with Crippen LogP contribution in [0.5, 0.6) is 0 Å². The van der Waals surface area contributed by atoms with Crippen LogP contribution < -0.4 is 10.4 Å². The number of halogens is 6. The van der Waals surface area contributed by atoms with Gasteiger partial charge in [-0.1, -0.05) is 44.6 Å². The minimum absolute atomic E-state index is 0.0352. The molecule has 3 rings (SSSR count). The van der Waals surface area contributed by atoms with Crippen LogP contribution >= 0.6 is 0 Å². The molecule has 0 heterocycles. The van der Waals surface area contributed by atoms with E-state index in [9.17, 15) is 26.3 Å². The second-order valence-corrected chi connectivity index (χ2v) is 8.03. The zero-order chi connectivity index (χ0) is 23.5. The Labute approximate surface area is 183 Å². The molecule has 0 fully saturated rings. The summed E-state index contributed by atoms with van der Waals surface area (Å²) in [7, 11) is 0. The van der Waals surface area contributed by atoms with E-state index < -0.39 is 23.6 Å². The van der Waals surface area contributed by atoms with Gasteiger partial charge in [0.05, 0.1) is 0 Å². The lowest BCUT2D eigenvalue weighted by Gasteiger charge is -2.16. The fourth-order valence-corrected chi connectivity index (χ4v) is 3.92. The van der Waals surface area contributed by atoms with Crippen molar-refractivity contribution in [2.75, 3.05) is 0 Å². The van der Waals surface area contributed by atoms with Crippen LogP contribution in [0.3, 0.4) is 0 Å². The van der Waals surface area contributed by atoms with Gasteiger partial charge in [0.2, 0.25) is 0 Å². The normalized spacial score (nSPS) is 18.1. The third-order valence-electron chi connectivity index (χ3n) is 5.63. The van der Waals surface area contributed by atoms with Crippen molar-refractivity contribution < 1.29 is 26.3 Å². The van der Waals surface area contributed by atoms with Gasteiger partial charge in [-0.05, 0) is 71.4 Å². The maximum atomic E-state index is 14.8. The first-order chi connectivity index (χ1) is 15.1. The highest BCUT2D eigenvalue weighted by Crippen LogP contribution is 2.27. The fraction of sp³-hybridized carbons (Fsp3) is 0.308. The Morgan fingerprint density at radius 3 is 2.16 bits per heavy atom. The first-order valence-corrected chi connectivity index (χ1v) is 10.5. The smallest absolute Gasteiger partial charge is 0.206 e. The van der Waals surface area contributed by atoms with Crippen molar-refractivity contribution >= 4 is 11.1 Å². The maximum absolute atomic E-state index is 14.8. The van der Waals surface area contributed by atoms with Crippen LogP contribution in [0.25, 0.3) is 11.1 Å². The highest BCUT2D eigenvalue weighted by molar-refractivity contribution is 5.66. The molecule has 2 aliphatic carbocycles. The molecule has 1 atom stereocenters. The van der Waals surface area contributed by atoms with Crippen LogP contribution in [0.1, 0.15) is 39.5 Å². The molecule has 0 spiro atoms. The van der Waals surface area contributed by atoms with Gasteiger partial charge in [-0.15, -0.1) is 0 Å². The molecule has 0 nitrogen and oxygen atoms in total. The highest BCUT2D eigenvalue weighted by atomic mass is 19.4. The van der Waals surface area contributed by atoms with E-state index in [-0.39, 0.29) is 28.9 Å². The SMILES string of the molecule is CCCC(C)C1=CCC(=c2cc(F)c(=C3C=C(F)C(/C=C/C(F)(F)F)=CC3)c(F)c2)C=C1. The quantitative estimate of drug-likeness (QED) is 0.438. The van der Waals surface area contributed by atoms with Crippen LogP contribution in [0.15, 0.2) is 71.6 Å². The summed E-state index contributed by atoms with van der Waals surface area (Å²) < 4.78 is 80.8. The van der Waals surface area contributed by atoms with Crippen LogP contribution in [0.4, 0.5) is 26.3 Å². The Kier molecular flexibility index (Phi) is 7.32. The predicted molar refractivity (Wildman–Crippen MR) is 115 cm³/mol. The summed E-state index contributed by atoms with van der Waals surface area (Å²) in [5, 5.41) is 0.0378. The minimum atomic E-state index is -4.58. The van der Waals surface area contributed by atoms with E-state index in [1.54, 1.807) is 0 Å². The molecule has 32 heavy (non-hydrogen) atoms. The third kappa shape index (κ3) is 5.72. The molecule has 0 N–H and O–H groups in total. The number of allylic oxidation sites excluding steroid dienone is 10. The van der Waals surface area contributed by atoms with Gasteiger partial charge in [0.1, 0.15) is 17.5 Å². The van der Waals surface area contributed by atoms with Crippen molar-refractivity contribution in [2.45, 2.75) is 45.7 Å². The van der Waals surface area contributed by atoms with Gasteiger partial charge in [-0.2, -0.15) is 13.2 Å². The van der Waals surface area contributed by atoms with Gasteiger partial charge in [-0.25, -0.2) is 13.2 Å². The molecule has 1 aromatic rings. The lowest BCUT2D eigenvalue weighted by molar-refractivity contribution is -0.0798. The minimum Gasteiger partial charge on any atom is -0.206 e. The fourth-order valence-electron chi connectivity index (χ4n) is 3.92. The van der Waals surface area contributed by atoms with E-state index in [1.807, 2.05) is 12.2 Å². The standard InChI is InChI=1S/C26H24F6/c1-3-4-16(2)17-5-7-18(8-6-17)21-14-23(28)25(24(29)15-21)20-10-9-19(22(27)13-20)11-12-26(30,31)32/h5-7,9,11-16H,3-4,8,10H2,1-2H3/b12-11+,21-18?,25-20?. The molecule has 0 radical (unpaired) electrons. The highest BCUT2D eigenvalue weighted by Gasteiger charge is 2.23. The zero-order valence-electron chi connectivity index (χ0n) is 17.9. The second-order valence-electron chi connectivity index (χ2n) is 8.03. The molecule has 170 valence electrons. The summed E-state index contributed by atoms with van der Waals surface area (Å²) in [5.41, 5.74) is 1.74. The molecular weight excluding hydrogens is 426 g/mol. The lowest BCUT2D eigenvalue weighted by atomic mass is 9.90. The van der Waals surface area contributed by atoms with E-state index in [4.69, 9.17) is 0 Å². The largest absolute Gasteiger partial charge is 0.409 e. The molecule has 1 aromatic carbocycles.